The minimum atomic E-state index is -0.356. The molecular formula is C18H24ClN3O2S. The maximum Gasteiger partial charge on any atom is 0.341 e. The SMILES string of the molecule is CSc1cccc(Nc2ncccc2C(=O)OCCCN(C)C)c1.Cl. The van der Waals surface area contributed by atoms with E-state index < -0.39 is 0 Å². The van der Waals surface area contributed by atoms with Gasteiger partial charge in [0.1, 0.15) is 11.4 Å². The van der Waals surface area contributed by atoms with Crippen molar-refractivity contribution in [3.05, 3.63) is 48.2 Å². The molecule has 0 atom stereocenters. The number of pyridine rings is 1. The number of carbonyl (C=O) groups is 1. The Labute approximate surface area is 159 Å². The predicted octanol–water partition coefficient (Wildman–Crippen LogP) is 4.08. The largest absolute Gasteiger partial charge is 0.462 e. The fraction of sp³-hybridized carbons (Fsp3) is 0.333. The third kappa shape index (κ3) is 6.94. The number of benzene rings is 1. The van der Waals surface area contributed by atoms with Crippen LogP contribution in [-0.4, -0.2) is 49.4 Å². The van der Waals surface area contributed by atoms with Crippen LogP contribution in [0.15, 0.2) is 47.5 Å². The number of rotatable bonds is 8. The van der Waals surface area contributed by atoms with Crippen LogP contribution in [0.1, 0.15) is 16.8 Å². The molecule has 136 valence electrons. The van der Waals surface area contributed by atoms with E-state index in [2.05, 4.69) is 15.2 Å². The molecule has 2 aromatic rings. The first kappa shape index (κ1) is 21.3. The number of nitrogens with one attached hydrogen (secondary N) is 1. The lowest BCUT2D eigenvalue weighted by Gasteiger charge is -2.12. The Kier molecular flexibility index (Phi) is 9.34. The second-order valence-corrected chi connectivity index (χ2v) is 6.43. The van der Waals surface area contributed by atoms with Crippen LogP contribution in [-0.2, 0) is 4.74 Å². The van der Waals surface area contributed by atoms with Crippen molar-refractivity contribution < 1.29 is 9.53 Å². The Hall–Kier alpha value is -1.76. The number of aromatic nitrogens is 1. The highest BCUT2D eigenvalue weighted by Gasteiger charge is 2.14. The Morgan fingerprint density at radius 2 is 2.08 bits per heavy atom. The van der Waals surface area contributed by atoms with E-state index in [0.717, 1.165) is 23.5 Å². The Morgan fingerprint density at radius 1 is 1.28 bits per heavy atom. The highest BCUT2D eigenvalue weighted by Crippen LogP contribution is 2.23. The maximum absolute atomic E-state index is 12.3. The molecule has 1 heterocycles. The molecule has 7 heteroatoms. The zero-order valence-electron chi connectivity index (χ0n) is 14.7. The highest BCUT2D eigenvalue weighted by molar-refractivity contribution is 7.98. The predicted molar refractivity (Wildman–Crippen MR) is 106 cm³/mol. The van der Waals surface area contributed by atoms with Gasteiger partial charge < -0.3 is 15.0 Å². The van der Waals surface area contributed by atoms with Gasteiger partial charge in [0, 0.05) is 23.3 Å². The quantitative estimate of drug-likeness (QED) is 0.422. The summed E-state index contributed by atoms with van der Waals surface area (Å²) in [6.45, 7) is 1.28. The van der Waals surface area contributed by atoms with Crippen LogP contribution in [0.3, 0.4) is 0 Å². The number of ether oxygens (including phenoxy) is 1. The zero-order chi connectivity index (χ0) is 17.4. The molecule has 0 saturated carbocycles. The van der Waals surface area contributed by atoms with Crippen molar-refractivity contribution >= 4 is 41.6 Å². The lowest BCUT2D eigenvalue weighted by molar-refractivity contribution is 0.0494. The van der Waals surface area contributed by atoms with Crippen molar-refractivity contribution in [3.63, 3.8) is 0 Å². The summed E-state index contributed by atoms with van der Waals surface area (Å²) in [5, 5.41) is 3.20. The molecule has 1 N–H and O–H groups in total. The van der Waals surface area contributed by atoms with Gasteiger partial charge in [0.15, 0.2) is 0 Å². The number of thioether (sulfide) groups is 1. The molecule has 0 aliphatic rings. The third-order valence-corrected chi connectivity index (χ3v) is 4.07. The minimum absolute atomic E-state index is 0. The second kappa shape index (κ2) is 11.0. The van der Waals surface area contributed by atoms with Crippen molar-refractivity contribution in [2.45, 2.75) is 11.3 Å². The van der Waals surface area contributed by atoms with E-state index in [-0.39, 0.29) is 18.4 Å². The van der Waals surface area contributed by atoms with Crippen molar-refractivity contribution in [3.8, 4) is 0 Å². The van der Waals surface area contributed by atoms with Gasteiger partial charge in [-0.3, -0.25) is 0 Å². The number of nitrogens with zero attached hydrogens (tertiary/aromatic N) is 2. The van der Waals surface area contributed by atoms with Gasteiger partial charge in [0.2, 0.25) is 0 Å². The molecule has 1 aromatic heterocycles. The normalized spacial score (nSPS) is 10.2. The van der Waals surface area contributed by atoms with E-state index in [4.69, 9.17) is 4.74 Å². The van der Waals surface area contributed by atoms with Crippen LogP contribution in [0.4, 0.5) is 11.5 Å². The Balaban J connectivity index is 0.00000312. The average Bonchev–Trinajstić information content (AvgIpc) is 2.59. The summed E-state index contributed by atoms with van der Waals surface area (Å²) in [6.07, 6.45) is 4.48. The smallest absolute Gasteiger partial charge is 0.341 e. The van der Waals surface area contributed by atoms with E-state index in [1.807, 2.05) is 44.6 Å². The van der Waals surface area contributed by atoms with Gasteiger partial charge in [-0.1, -0.05) is 6.07 Å². The maximum atomic E-state index is 12.3. The molecule has 0 amide bonds. The van der Waals surface area contributed by atoms with E-state index in [1.165, 1.54) is 0 Å². The molecule has 0 aliphatic heterocycles. The fourth-order valence-electron chi connectivity index (χ4n) is 2.13. The number of esters is 1. The molecule has 0 fully saturated rings. The molecule has 0 bridgehead atoms. The van der Waals surface area contributed by atoms with Crippen molar-refractivity contribution in [2.75, 3.05) is 38.8 Å². The van der Waals surface area contributed by atoms with Crippen LogP contribution in [0, 0.1) is 0 Å². The molecule has 0 aliphatic carbocycles. The van der Waals surface area contributed by atoms with E-state index in [1.54, 1.807) is 30.1 Å². The van der Waals surface area contributed by atoms with Crippen LogP contribution < -0.4 is 5.32 Å². The molecule has 0 spiro atoms. The van der Waals surface area contributed by atoms with Gasteiger partial charge in [-0.05, 0) is 57.1 Å². The highest BCUT2D eigenvalue weighted by atomic mass is 35.5. The molecule has 5 nitrogen and oxygen atoms in total. The van der Waals surface area contributed by atoms with Crippen LogP contribution >= 0.6 is 24.2 Å². The third-order valence-electron chi connectivity index (χ3n) is 3.34. The number of halogens is 1. The molecule has 0 unspecified atom stereocenters. The number of hydrogen-bond donors (Lipinski definition) is 1. The van der Waals surface area contributed by atoms with Gasteiger partial charge in [-0.15, -0.1) is 24.2 Å². The fourth-order valence-corrected chi connectivity index (χ4v) is 2.59. The van der Waals surface area contributed by atoms with Crippen molar-refractivity contribution in [1.29, 1.82) is 0 Å². The van der Waals surface area contributed by atoms with Crippen molar-refractivity contribution in [1.82, 2.24) is 9.88 Å². The Morgan fingerprint density at radius 3 is 2.80 bits per heavy atom. The Bertz CT molecular complexity index is 683. The van der Waals surface area contributed by atoms with Gasteiger partial charge in [-0.2, -0.15) is 0 Å². The summed E-state index contributed by atoms with van der Waals surface area (Å²) in [5.41, 5.74) is 1.33. The van der Waals surface area contributed by atoms with E-state index in [9.17, 15) is 4.79 Å². The van der Waals surface area contributed by atoms with Gasteiger partial charge in [-0.25, -0.2) is 9.78 Å². The minimum Gasteiger partial charge on any atom is -0.462 e. The zero-order valence-corrected chi connectivity index (χ0v) is 16.3. The molecule has 0 radical (unpaired) electrons. The second-order valence-electron chi connectivity index (χ2n) is 5.55. The molecule has 2 rings (SSSR count). The molecular weight excluding hydrogens is 358 g/mol. The summed E-state index contributed by atoms with van der Waals surface area (Å²) in [7, 11) is 3.99. The molecule has 25 heavy (non-hydrogen) atoms. The van der Waals surface area contributed by atoms with Crippen molar-refractivity contribution in [2.24, 2.45) is 0 Å². The topological polar surface area (TPSA) is 54.5 Å². The number of hydrogen-bond acceptors (Lipinski definition) is 6. The number of carbonyl (C=O) groups excluding carboxylic acids is 1. The van der Waals surface area contributed by atoms with Gasteiger partial charge in [0.25, 0.3) is 0 Å². The van der Waals surface area contributed by atoms with Crippen LogP contribution in [0.25, 0.3) is 0 Å². The summed E-state index contributed by atoms with van der Waals surface area (Å²) in [6, 6.07) is 11.4. The van der Waals surface area contributed by atoms with E-state index >= 15 is 0 Å². The molecule has 1 aromatic carbocycles. The van der Waals surface area contributed by atoms with Crippen LogP contribution in [0.5, 0.6) is 0 Å². The first-order chi connectivity index (χ1) is 11.6. The average molecular weight is 382 g/mol. The summed E-state index contributed by atoms with van der Waals surface area (Å²) in [5.74, 6) is 0.152. The summed E-state index contributed by atoms with van der Waals surface area (Å²) in [4.78, 5) is 19.8. The number of anilines is 2. The summed E-state index contributed by atoms with van der Waals surface area (Å²) < 4.78 is 5.35. The molecule has 0 saturated heterocycles. The van der Waals surface area contributed by atoms with Gasteiger partial charge in [0.05, 0.1) is 6.61 Å². The first-order valence-corrected chi connectivity index (χ1v) is 9.00. The lowest BCUT2D eigenvalue weighted by Crippen LogP contribution is -2.16. The van der Waals surface area contributed by atoms with E-state index in [0.29, 0.717) is 18.0 Å². The lowest BCUT2D eigenvalue weighted by atomic mass is 10.2. The standard InChI is InChI=1S/C18H23N3O2S.ClH/c1-21(2)11-6-12-23-18(22)16-9-5-10-19-17(16)20-14-7-4-8-15(13-14)24-3;/h4-5,7-10,13H,6,11-12H2,1-3H3,(H,19,20);1H. The summed E-state index contributed by atoms with van der Waals surface area (Å²) >= 11 is 1.66. The van der Waals surface area contributed by atoms with Gasteiger partial charge >= 0.3 is 5.97 Å². The first-order valence-electron chi connectivity index (χ1n) is 7.78. The van der Waals surface area contributed by atoms with Crippen LogP contribution in [0.2, 0.25) is 0 Å². The monoisotopic (exact) mass is 381 g/mol.